The monoisotopic (exact) mass is 233 g/mol. The van der Waals surface area contributed by atoms with E-state index in [0.717, 1.165) is 12.8 Å². The largest absolute Gasteiger partial charge is 0.468 e. The summed E-state index contributed by atoms with van der Waals surface area (Å²) in [4.78, 5) is 11.4. The second-order valence-corrected chi connectivity index (χ2v) is 4.60. The molecule has 1 spiro atoms. The van der Waals surface area contributed by atoms with Crippen molar-refractivity contribution in [1.82, 2.24) is 5.32 Å². The molecule has 3 nitrogen and oxygen atoms in total. The van der Waals surface area contributed by atoms with Crippen LogP contribution in [0.15, 0.2) is 0 Å². The molecule has 1 N–H and O–H groups in total. The van der Waals surface area contributed by atoms with Crippen molar-refractivity contribution in [3.63, 3.8) is 0 Å². The summed E-state index contributed by atoms with van der Waals surface area (Å²) in [5.74, 6) is -0.0903. The number of carbonyl (C=O) groups is 1. The van der Waals surface area contributed by atoms with Crippen LogP contribution in [-0.2, 0) is 9.53 Å². The number of nitrogens with one attached hydrogen (secondary N) is 1. The van der Waals surface area contributed by atoms with Gasteiger partial charge in [0.2, 0.25) is 0 Å². The Balaban J connectivity index is 0.00000112. The number of ether oxygens (including phenoxy) is 1. The van der Waals surface area contributed by atoms with Gasteiger partial charge in [0.25, 0.3) is 0 Å². The summed E-state index contributed by atoms with van der Waals surface area (Å²) in [5, 5.41) is 3.48. The van der Waals surface area contributed by atoms with E-state index >= 15 is 0 Å². The highest BCUT2D eigenvalue weighted by Gasteiger charge is 2.41. The average molecular weight is 234 g/mol. The van der Waals surface area contributed by atoms with Crippen LogP contribution in [0, 0.1) is 0 Å². The Morgan fingerprint density at radius 2 is 1.93 bits per heavy atom. The normalized spacial score (nSPS) is 28.5. The SMILES string of the molecule is COC(=O)C1CCC2(CCCCC2)N1.Cl. The third kappa shape index (κ3) is 2.64. The lowest BCUT2D eigenvalue weighted by Crippen LogP contribution is -2.47. The van der Waals surface area contributed by atoms with E-state index < -0.39 is 0 Å². The molecule has 0 aromatic carbocycles. The van der Waals surface area contributed by atoms with Crippen LogP contribution in [0.2, 0.25) is 0 Å². The number of rotatable bonds is 1. The molecular weight excluding hydrogens is 214 g/mol. The summed E-state index contributed by atoms with van der Waals surface area (Å²) < 4.78 is 4.77. The Labute approximate surface area is 97.4 Å². The molecule has 1 aliphatic heterocycles. The smallest absolute Gasteiger partial charge is 0.322 e. The number of halogens is 1. The van der Waals surface area contributed by atoms with Crippen molar-refractivity contribution in [3.05, 3.63) is 0 Å². The van der Waals surface area contributed by atoms with Gasteiger partial charge in [-0.25, -0.2) is 0 Å². The zero-order chi connectivity index (χ0) is 10.0. The van der Waals surface area contributed by atoms with Crippen molar-refractivity contribution in [1.29, 1.82) is 0 Å². The highest BCUT2D eigenvalue weighted by atomic mass is 35.5. The maximum absolute atomic E-state index is 11.4. The van der Waals surface area contributed by atoms with Gasteiger partial charge in [-0.2, -0.15) is 0 Å². The number of carbonyl (C=O) groups excluding carboxylic acids is 1. The van der Waals surface area contributed by atoms with Gasteiger partial charge in [-0.1, -0.05) is 19.3 Å². The number of hydrogen-bond donors (Lipinski definition) is 1. The van der Waals surface area contributed by atoms with Crippen LogP contribution < -0.4 is 5.32 Å². The first-order chi connectivity index (χ1) is 6.76. The van der Waals surface area contributed by atoms with E-state index in [4.69, 9.17) is 4.74 Å². The fourth-order valence-electron chi connectivity index (χ4n) is 2.88. The van der Waals surface area contributed by atoms with Gasteiger partial charge in [0.15, 0.2) is 0 Å². The van der Waals surface area contributed by atoms with Gasteiger partial charge in [0.05, 0.1) is 7.11 Å². The third-order valence-corrected chi connectivity index (χ3v) is 3.69. The lowest BCUT2D eigenvalue weighted by atomic mass is 9.81. The van der Waals surface area contributed by atoms with Crippen molar-refractivity contribution in [2.24, 2.45) is 0 Å². The molecule has 2 aliphatic rings. The number of esters is 1. The predicted octanol–water partition coefficient (Wildman–Crippen LogP) is 2.04. The molecule has 0 amide bonds. The van der Waals surface area contributed by atoms with Crippen LogP contribution in [0.4, 0.5) is 0 Å². The zero-order valence-corrected chi connectivity index (χ0v) is 10.1. The van der Waals surface area contributed by atoms with Gasteiger partial charge in [-0.3, -0.25) is 10.1 Å². The second-order valence-electron chi connectivity index (χ2n) is 4.60. The first-order valence-corrected chi connectivity index (χ1v) is 5.61. The standard InChI is InChI=1S/C11H19NO2.ClH/c1-14-10(13)9-5-8-11(12-9)6-3-2-4-7-11;/h9,12H,2-8H2,1H3;1H. The fraction of sp³-hybridized carbons (Fsp3) is 0.909. The van der Waals surface area contributed by atoms with Gasteiger partial charge in [-0.05, 0) is 25.7 Å². The lowest BCUT2D eigenvalue weighted by Gasteiger charge is -2.34. The Hall–Kier alpha value is -0.280. The molecule has 1 heterocycles. The van der Waals surface area contributed by atoms with Crippen LogP contribution in [0.25, 0.3) is 0 Å². The van der Waals surface area contributed by atoms with E-state index in [9.17, 15) is 4.79 Å². The van der Waals surface area contributed by atoms with Gasteiger partial charge >= 0.3 is 5.97 Å². The molecule has 0 bridgehead atoms. The van der Waals surface area contributed by atoms with Crippen molar-refractivity contribution in [3.8, 4) is 0 Å². The van der Waals surface area contributed by atoms with Gasteiger partial charge < -0.3 is 4.74 Å². The quantitative estimate of drug-likeness (QED) is 0.705. The summed E-state index contributed by atoms with van der Waals surface area (Å²) in [5.41, 5.74) is 0.275. The molecule has 0 radical (unpaired) electrons. The maximum Gasteiger partial charge on any atom is 0.322 e. The minimum Gasteiger partial charge on any atom is -0.468 e. The minimum atomic E-state index is -0.0903. The van der Waals surface area contributed by atoms with Gasteiger partial charge in [-0.15, -0.1) is 12.4 Å². The van der Waals surface area contributed by atoms with Crippen molar-refractivity contribution < 1.29 is 9.53 Å². The molecule has 15 heavy (non-hydrogen) atoms. The molecule has 0 aromatic rings. The Morgan fingerprint density at radius 3 is 2.53 bits per heavy atom. The molecule has 2 fully saturated rings. The molecule has 1 unspecified atom stereocenters. The summed E-state index contributed by atoms with van der Waals surface area (Å²) in [6.07, 6.45) is 8.54. The van der Waals surface area contributed by atoms with Crippen LogP contribution in [0.3, 0.4) is 0 Å². The Morgan fingerprint density at radius 1 is 1.27 bits per heavy atom. The molecule has 2 rings (SSSR count). The number of hydrogen-bond acceptors (Lipinski definition) is 3. The fourth-order valence-corrected chi connectivity index (χ4v) is 2.88. The Bertz CT molecular complexity index is 227. The third-order valence-electron chi connectivity index (χ3n) is 3.69. The summed E-state index contributed by atoms with van der Waals surface area (Å²) in [7, 11) is 1.47. The molecule has 1 atom stereocenters. The first kappa shape index (κ1) is 12.8. The molecule has 88 valence electrons. The lowest BCUT2D eigenvalue weighted by molar-refractivity contribution is -0.142. The van der Waals surface area contributed by atoms with Crippen molar-refractivity contribution in [2.45, 2.75) is 56.5 Å². The molecule has 0 aromatic heterocycles. The van der Waals surface area contributed by atoms with Crippen LogP contribution in [0.1, 0.15) is 44.9 Å². The van der Waals surface area contributed by atoms with Crippen molar-refractivity contribution >= 4 is 18.4 Å². The molecule has 4 heteroatoms. The molecule has 1 saturated heterocycles. The second kappa shape index (κ2) is 5.17. The zero-order valence-electron chi connectivity index (χ0n) is 9.25. The van der Waals surface area contributed by atoms with Crippen LogP contribution in [-0.4, -0.2) is 24.7 Å². The van der Waals surface area contributed by atoms with Crippen LogP contribution in [0.5, 0.6) is 0 Å². The van der Waals surface area contributed by atoms with Crippen molar-refractivity contribution in [2.75, 3.05) is 7.11 Å². The molecular formula is C11H20ClNO2. The summed E-state index contributed by atoms with van der Waals surface area (Å²) >= 11 is 0. The molecule has 1 aliphatic carbocycles. The van der Waals surface area contributed by atoms with E-state index in [0.29, 0.717) is 0 Å². The highest BCUT2D eigenvalue weighted by molar-refractivity contribution is 5.85. The summed E-state index contributed by atoms with van der Waals surface area (Å²) in [6.45, 7) is 0. The maximum atomic E-state index is 11.4. The van der Waals surface area contributed by atoms with E-state index in [1.165, 1.54) is 39.2 Å². The van der Waals surface area contributed by atoms with E-state index in [1.54, 1.807) is 0 Å². The van der Waals surface area contributed by atoms with E-state index in [2.05, 4.69) is 5.32 Å². The Kier molecular flexibility index (Phi) is 4.41. The van der Waals surface area contributed by atoms with Crippen LogP contribution >= 0.6 is 12.4 Å². The van der Waals surface area contributed by atoms with E-state index in [1.807, 2.05) is 0 Å². The highest BCUT2D eigenvalue weighted by Crippen LogP contribution is 2.37. The first-order valence-electron chi connectivity index (χ1n) is 5.61. The van der Waals surface area contributed by atoms with Gasteiger partial charge in [0, 0.05) is 5.54 Å². The van der Waals surface area contributed by atoms with E-state index in [-0.39, 0.29) is 30.0 Å². The van der Waals surface area contributed by atoms with Gasteiger partial charge in [0.1, 0.15) is 6.04 Å². The summed E-state index contributed by atoms with van der Waals surface area (Å²) in [6, 6.07) is -0.0434. The molecule has 1 saturated carbocycles. The average Bonchev–Trinajstić information content (AvgIpc) is 2.62. The predicted molar refractivity (Wildman–Crippen MR) is 61.2 cm³/mol. The topological polar surface area (TPSA) is 38.3 Å². The minimum absolute atomic E-state index is 0. The number of methoxy groups -OCH3 is 1.